The Hall–Kier alpha value is -5.40. The van der Waals surface area contributed by atoms with Crippen LogP contribution < -0.4 is 10.6 Å². The molecule has 0 aliphatic heterocycles. The van der Waals surface area contributed by atoms with E-state index in [9.17, 15) is 39.9 Å². The average Bonchev–Trinajstić information content (AvgIpc) is 2.79. The van der Waals surface area contributed by atoms with Crippen LogP contribution in [-0.2, 0) is 0 Å². The number of hydrogen-bond donors (Lipinski definition) is 3. The molecule has 3 aromatic rings. The Labute approximate surface area is 188 Å². The Morgan fingerprint density at radius 2 is 1.32 bits per heavy atom. The van der Waals surface area contributed by atoms with Gasteiger partial charge in [-0.05, 0) is 42.5 Å². The summed E-state index contributed by atoms with van der Waals surface area (Å²) in [7, 11) is 0. The van der Waals surface area contributed by atoms with Gasteiger partial charge >= 0.3 is 17.3 Å². The molecule has 34 heavy (non-hydrogen) atoms. The zero-order chi connectivity index (χ0) is 25.0. The minimum Gasteiger partial charge on any atom is -0.478 e. The van der Waals surface area contributed by atoms with Crippen molar-refractivity contribution in [1.82, 2.24) is 0 Å². The average molecular weight is 467 g/mol. The number of rotatable bonds is 8. The minimum absolute atomic E-state index is 0.0244. The van der Waals surface area contributed by atoms with Gasteiger partial charge in [0.1, 0.15) is 0 Å². The third-order valence-electron chi connectivity index (χ3n) is 4.47. The first-order chi connectivity index (χ1) is 16.1. The van der Waals surface area contributed by atoms with E-state index >= 15 is 0 Å². The number of aromatic carboxylic acids is 1. The lowest BCUT2D eigenvalue weighted by molar-refractivity contribution is -0.401. The van der Waals surface area contributed by atoms with E-state index in [-0.39, 0.29) is 22.5 Å². The van der Waals surface area contributed by atoms with Gasteiger partial charge in [-0.2, -0.15) is 0 Å². The third-order valence-corrected chi connectivity index (χ3v) is 4.47. The van der Waals surface area contributed by atoms with E-state index in [1.807, 2.05) is 0 Å². The van der Waals surface area contributed by atoms with Gasteiger partial charge in [-0.15, -0.1) is 0 Å². The molecule has 0 saturated carbocycles. The molecule has 0 bridgehead atoms. The molecule has 0 heterocycles. The highest BCUT2D eigenvalue weighted by Gasteiger charge is 2.30. The lowest BCUT2D eigenvalue weighted by Crippen LogP contribution is -2.12. The third kappa shape index (κ3) is 5.08. The molecular weight excluding hydrogens is 454 g/mol. The molecule has 3 rings (SSSR count). The van der Waals surface area contributed by atoms with Gasteiger partial charge in [0.25, 0.3) is 11.6 Å². The lowest BCUT2D eigenvalue weighted by Gasteiger charge is -2.09. The van der Waals surface area contributed by atoms with E-state index in [2.05, 4.69) is 10.6 Å². The molecule has 0 radical (unpaired) electrons. The number of anilines is 3. The highest BCUT2D eigenvalue weighted by atomic mass is 16.6. The molecule has 0 aliphatic rings. The van der Waals surface area contributed by atoms with Crippen LogP contribution in [0.4, 0.5) is 34.1 Å². The zero-order valence-electron chi connectivity index (χ0n) is 16.8. The molecular formula is C20H13N5O9. The van der Waals surface area contributed by atoms with Crippen molar-refractivity contribution in [2.75, 3.05) is 10.6 Å². The number of nitro groups is 3. The molecule has 172 valence electrons. The SMILES string of the molecule is O=C(O)c1cccc(NC(=O)c2ccc(Nc3c([N+](=O)[O-])cc([N+](=O)[O-])cc3[N+](=O)[O-])cc2)c1. The summed E-state index contributed by atoms with van der Waals surface area (Å²) >= 11 is 0. The van der Waals surface area contributed by atoms with Gasteiger partial charge in [0.2, 0.25) is 0 Å². The van der Waals surface area contributed by atoms with Gasteiger partial charge in [-0.3, -0.25) is 35.1 Å². The number of non-ortho nitro benzene ring substituents is 1. The number of nitro benzene ring substituents is 3. The molecule has 0 saturated heterocycles. The van der Waals surface area contributed by atoms with Crippen molar-refractivity contribution in [3.8, 4) is 0 Å². The molecule has 0 aromatic heterocycles. The maximum absolute atomic E-state index is 12.4. The summed E-state index contributed by atoms with van der Waals surface area (Å²) in [6, 6.07) is 12.0. The van der Waals surface area contributed by atoms with Gasteiger partial charge in [-0.25, -0.2) is 4.79 Å². The first-order valence-electron chi connectivity index (χ1n) is 9.20. The van der Waals surface area contributed by atoms with E-state index in [1.54, 1.807) is 0 Å². The number of amides is 1. The van der Waals surface area contributed by atoms with Gasteiger partial charge in [0.15, 0.2) is 5.69 Å². The molecule has 3 N–H and O–H groups in total. The van der Waals surface area contributed by atoms with Gasteiger partial charge < -0.3 is 15.7 Å². The summed E-state index contributed by atoms with van der Waals surface area (Å²) in [6.45, 7) is 0. The normalized spacial score (nSPS) is 10.2. The predicted octanol–water partition coefficient (Wildman–Crippen LogP) is 4.11. The molecule has 0 aliphatic carbocycles. The predicted molar refractivity (Wildman–Crippen MR) is 117 cm³/mol. The quantitative estimate of drug-likeness (QED) is 0.319. The minimum atomic E-state index is -1.17. The van der Waals surface area contributed by atoms with Crippen molar-refractivity contribution in [2.24, 2.45) is 0 Å². The van der Waals surface area contributed by atoms with Crippen molar-refractivity contribution < 1.29 is 29.5 Å². The van der Waals surface area contributed by atoms with Crippen LogP contribution in [0.5, 0.6) is 0 Å². The summed E-state index contributed by atoms with van der Waals surface area (Å²) in [4.78, 5) is 54.2. The molecule has 0 atom stereocenters. The first-order valence-corrected chi connectivity index (χ1v) is 9.20. The first kappa shape index (κ1) is 23.3. The van der Waals surface area contributed by atoms with Crippen LogP contribution in [0.25, 0.3) is 0 Å². The van der Waals surface area contributed by atoms with Gasteiger partial charge in [-0.1, -0.05) is 6.07 Å². The second-order valence-electron chi connectivity index (χ2n) is 6.67. The fourth-order valence-electron chi connectivity index (χ4n) is 2.90. The lowest BCUT2D eigenvalue weighted by atomic mass is 10.1. The molecule has 14 heteroatoms. The topological polar surface area (TPSA) is 208 Å². The number of benzene rings is 3. The smallest absolute Gasteiger partial charge is 0.335 e. The number of carboxylic acids is 1. The van der Waals surface area contributed by atoms with E-state index < -0.39 is 49.4 Å². The van der Waals surface area contributed by atoms with E-state index in [0.717, 1.165) is 0 Å². The summed E-state index contributed by atoms with van der Waals surface area (Å²) in [5, 5.41) is 47.8. The van der Waals surface area contributed by atoms with Gasteiger partial charge in [0, 0.05) is 16.9 Å². The van der Waals surface area contributed by atoms with E-state index in [1.165, 1.54) is 48.5 Å². The van der Waals surface area contributed by atoms with Crippen LogP contribution in [0.1, 0.15) is 20.7 Å². The fraction of sp³-hybridized carbons (Fsp3) is 0. The van der Waals surface area contributed by atoms with Crippen LogP contribution in [0, 0.1) is 30.3 Å². The van der Waals surface area contributed by atoms with E-state index in [0.29, 0.717) is 12.1 Å². The highest BCUT2D eigenvalue weighted by Crippen LogP contribution is 2.40. The Morgan fingerprint density at radius 3 is 1.82 bits per heavy atom. The maximum Gasteiger partial charge on any atom is 0.335 e. The number of nitrogens with one attached hydrogen (secondary N) is 2. The van der Waals surface area contributed by atoms with Crippen LogP contribution in [0.15, 0.2) is 60.7 Å². The number of carbonyl (C=O) groups excluding carboxylic acids is 1. The Kier molecular flexibility index (Phi) is 6.43. The van der Waals surface area contributed by atoms with E-state index in [4.69, 9.17) is 5.11 Å². The van der Waals surface area contributed by atoms with Crippen LogP contribution in [-0.4, -0.2) is 31.8 Å². The molecule has 1 amide bonds. The Morgan fingerprint density at radius 1 is 0.735 bits per heavy atom. The summed E-state index contributed by atoms with van der Waals surface area (Å²) < 4.78 is 0. The van der Waals surface area contributed by atoms with Crippen molar-refractivity contribution in [3.63, 3.8) is 0 Å². The Balaban J connectivity index is 1.87. The monoisotopic (exact) mass is 467 g/mol. The largest absolute Gasteiger partial charge is 0.478 e. The molecule has 14 nitrogen and oxygen atoms in total. The molecule has 0 fully saturated rings. The highest BCUT2D eigenvalue weighted by molar-refractivity contribution is 6.05. The van der Waals surface area contributed by atoms with Gasteiger partial charge in [0.05, 0.1) is 32.5 Å². The second kappa shape index (κ2) is 9.39. The van der Waals surface area contributed by atoms with Crippen molar-refractivity contribution in [3.05, 3.63) is 102 Å². The number of hydrogen-bond acceptors (Lipinski definition) is 9. The Bertz CT molecular complexity index is 1300. The van der Waals surface area contributed by atoms with Crippen molar-refractivity contribution in [1.29, 1.82) is 0 Å². The van der Waals surface area contributed by atoms with Crippen molar-refractivity contribution in [2.45, 2.75) is 0 Å². The zero-order valence-corrected chi connectivity index (χ0v) is 16.8. The standard InChI is InChI=1S/C20H13N5O9/c26-19(22-14-3-1-2-12(8-14)20(27)28)11-4-6-13(7-5-11)21-18-16(24(31)32)9-15(23(29)30)10-17(18)25(33)34/h1-10,21H,(H,22,26)(H,27,28). The van der Waals surface area contributed by atoms with Crippen LogP contribution >= 0.6 is 0 Å². The number of carboxylic acid groups (broad SMARTS) is 1. The number of carbonyl (C=O) groups is 2. The van der Waals surface area contributed by atoms with Crippen LogP contribution in [0.3, 0.4) is 0 Å². The van der Waals surface area contributed by atoms with Crippen LogP contribution in [0.2, 0.25) is 0 Å². The molecule has 0 spiro atoms. The molecule has 0 unspecified atom stereocenters. The summed E-state index contributed by atoms with van der Waals surface area (Å²) in [5.74, 6) is -1.75. The summed E-state index contributed by atoms with van der Waals surface area (Å²) in [5.41, 5.74) is -2.65. The summed E-state index contributed by atoms with van der Waals surface area (Å²) in [6.07, 6.45) is 0. The van der Waals surface area contributed by atoms with Crippen molar-refractivity contribution >= 4 is 46.0 Å². The number of nitrogens with zero attached hydrogens (tertiary/aromatic N) is 3. The molecule has 3 aromatic carbocycles. The second-order valence-corrected chi connectivity index (χ2v) is 6.67. The maximum atomic E-state index is 12.4. The fourth-order valence-corrected chi connectivity index (χ4v) is 2.90.